The lowest BCUT2D eigenvalue weighted by atomic mass is 9.93. The predicted molar refractivity (Wildman–Crippen MR) is 74.5 cm³/mol. The molecule has 0 spiro atoms. The number of carbonyl (C=O) groups excluding carboxylic acids is 1. The summed E-state index contributed by atoms with van der Waals surface area (Å²) in [6.07, 6.45) is 0.994. The van der Waals surface area contributed by atoms with Gasteiger partial charge in [-0.25, -0.2) is 0 Å². The first-order chi connectivity index (χ1) is 8.49. The Balaban J connectivity index is 2.18. The molecule has 98 valence electrons. The van der Waals surface area contributed by atoms with E-state index < -0.39 is 0 Å². The van der Waals surface area contributed by atoms with Crippen LogP contribution in [-0.2, 0) is 17.8 Å². The highest BCUT2D eigenvalue weighted by atomic mass is 16.2. The van der Waals surface area contributed by atoms with Crippen molar-refractivity contribution in [1.82, 2.24) is 4.90 Å². The Bertz CT molecular complexity index is 448. The summed E-state index contributed by atoms with van der Waals surface area (Å²) in [6.45, 7) is 10.0. The summed E-state index contributed by atoms with van der Waals surface area (Å²) in [5.41, 5.74) is 4.14. The molecule has 0 N–H and O–H groups in total. The van der Waals surface area contributed by atoms with Crippen molar-refractivity contribution in [2.24, 2.45) is 5.92 Å². The molecule has 1 aliphatic rings. The second-order valence-electron chi connectivity index (χ2n) is 5.85. The van der Waals surface area contributed by atoms with Crippen LogP contribution in [0, 0.1) is 5.92 Å². The largest absolute Gasteiger partial charge is 0.338 e. The van der Waals surface area contributed by atoms with E-state index in [1.54, 1.807) is 0 Å². The van der Waals surface area contributed by atoms with Gasteiger partial charge in [0.2, 0.25) is 5.91 Å². The topological polar surface area (TPSA) is 20.3 Å². The first kappa shape index (κ1) is 13.1. The van der Waals surface area contributed by atoms with E-state index in [0.717, 1.165) is 19.5 Å². The zero-order valence-electron chi connectivity index (χ0n) is 11.9. The molecule has 18 heavy (non-hydrogen) atoms. The van der Waals surface area contributed by atoms with Gasteiger partial charge in [0.05, 0.1) is 0 Å². The summed E-state index contributed by atoms with van der Waals surface area (Å²) < 4.78 is 0. The molecule has 0 unspecified atom stereocenters. The second-order valence-corrected chi connectivity index (χ2v) is 5.85. The van der Waals surface area contributed by atoms with Gasteiger partial charge in [0.15, 0.2) is 0 Å². The maximum atomic E-state index is 12.0. The van der Waals surface area contributed by atoms with Crippen LogP contribution in [0.1, 0.15) is 50.3 Å². The van der Waals surface area contributed by atoms with Gasteiger partial charge in [-0.3, -0.25) is 4.79 Å². The molecule has 0 saturated carbocycles. The van der Waals surface area contributed by atoms with E-state index in [1.807, 2.05) is 18.7 Å². The van der Waals surface area contributed by atoms with Gasteiger partial charge >= 0.3 is 0 Å². The minimum absolute atomic E-state index is 0.0986. The van der Waals surface area contributed by atoms with Crippen molar-refractivity contribution in [2.45, 2.75) is 46.6 Å². The van der Waals surface area contributed by atoms with Crippen LogP contribution in [0.2, 0.25) is 0 Å². The smallest absolute Gasteiger partial charge is 0.225 e. The van der Waals surface area contributed by atoms with Gasteiger partial charge in [0.25, 0.3) is 0 Å². The molecule has 1 aromatic carbocycles. The number of carbonyl (C=O) groups is 1. The lowest BCUT2D eigenvalue weighted by Gasteiger charge is -2.30. The van der Waals surface area contributed by atoms with E-state index >= 15 is 0 Å². The van der Waals surface area contributed by atoms with Crippen molar-refractivity contribution < 1.29 is 4.79 Å². The molecule has 1 aliphatic heterocycles. The third kappa shape index (κ3) is 2.58. The molecule has 0 saturated heterocycles. The number of hydrogen-bond donors (Lipinski definition) is 0. The zero-order chi connectivity index (χ0) is 13.3. The average Bonchev–Trinajstić information content (AvgIpc) is 2.36. The summed E-state index contributed by atoms with van der Waals surface area (Å²) in [7, 11) is 0. The molecule has 0 aromatic heterocycles. The van der Waals surface area contributed by atoms with E-state index in [4.69, 9.17) is 0 Å². The summed E-state index contributed by atoms with van der Waals surface area (Å²) in [5, 5.41) is 0. The van der Waals surface area contributed by atoms with Gasteiger partial charge < -0.3 is 4.90 Å². The van der Waals surface area contributed by atoms with Gasteiger partial charge in [-0.1, -0.05) is 45.9 Å². The van der Waals surface area contributed by atoms with E-state index in [-0.39, 0.29) is 11.8 Å². The van der Waals surface area contributed by atoms with E-state index in [1.165, 1.54) is 16.7 Å². The third-order valence-corrected chi connectivity index (χ3v) is 3.71. The van der Waals surface area contributed by atoms with Crippen molar-refractivity contribution in [3.63, 3.8) is 0 Å². The van der Waals surface area contributed by atoms with Gasteiger partial charge in [-0.2, -0.15) is 0 Å². The molecule has 0 fully saturated rings. The van der Waals surface area contributed by atoms with Crippen LogP contribution in [0.5, 0.6) is 0 Å². The SMILES string of the molecule is CC(C)C(=O)N1CCc2cc(C(C)C)ccc2C1. The molecule has 0 aliphatic carbocycles. The lowest BCUT2D eigenvalue weighted by Crippen LogP contribution is -2.38. The summed E-state index contributed by atoms with van der Waals surface area (Å²) in [4.78, 5) is 14.0. The molecular weight excluding hydrogens is 222 g/mol. The van der Waals surface area contributed by atoms with Gasteiger partial charge in [-0.15, -0.1) is 0 Å². The van der Waals surface area contributed by atoms with Crippen LogP contribution < -0.4 is 0 Å². The molecule has 0 atom stereocenters. The standard InChI is InChI=1S/C16H23NO/c1-11(2)13-5-6-15-10-17(16(18)12(3)4)8-7-14(15)9-13/h5-6,9,11-12H,7-8,10H2,1-4H3. The number of hydrogen-bond acceptors (Lipinski definition) is 1. The summed E-state index contributed by atoms with van der Waals surface area (Å²) in [6, 6.07) is 6.72. The minimum atomic E-state index is 0.0986. The first-order valence-electron chi connectivity index (χ1n) is 6.89. The highest BCUT2D eigenvalue weighted by Crippen LogP contribution is 2.24. The summed E-state index contributed by atoms with van der Waals surface area (Å²) >= 11 is 0. The minimum Gasteiger partial charge on any atom is -0.338 e. The highest BCUT2D eigenvalue weighted by Gasteiger charge is 2.22. The van der Waals surface area contributed by atoms with Gasteiger partial charge in [-0.05, 0) is 29.0 Å². The van der Waals surface area contributed by atoms with Gasteiger partial charge in [0, 0.05) is 19.0 Å². The number of amides is 1. The van der Waals surface area contributed by atoms with Crippen LogP contribution in [0.3, 0.4) is 0 Å². The van der Waals surface area contributed by atoms with Crippen molar-refractivity contribution in [3.8, 4) is 0 Å². The third-order valence-electron chi connectivity index (χ3n) is 3.71. The second kappa shape index (κ2) is 5.13. The Hall–Kier alpha value is -1.31. The van der Waals surface area contributed by atoms with Gasteiger partial charge in [0.1, 0.15) is 0 Å². The lowest BCUT2D eigenvalue weighted by molar-refractivity contribution is -0.135. The van der Waals surface area contributed by atoms with Crippen LogP contribution in [-0.4, -0.2) is 17.4 Å². The monoisotopic (exact) mass is 245 g/mol. The molecule has 2 heteroatoms. The molecular formula is C16H23NO. The highest BCUT2D eigenvalue weighted by molar-refractivity contribution is 5.78. The molecule has 0 radical (unpaired) electrons. The maximum absolute atomic E-state index is 12.0. The first-order valence-corrected chi connectivity index (χ1v) is 6.89. The molecule has 2 rings (SSSR count). The van der Waals surface area contributed by atoms with Crippen molar-refractivity contribution in [2.75, 3.05) is 6.54 Å². The van der Waals surface area contributed by atoms with E-state index in [9.17, 15) is 4.79 Å². The normalized spacial score (nSPS) is 15.1. The Morgan fingerprint density at radius 3 is 2.50 bits per heavy atom. The fraction of sp³-hybridized carbons (Fsp3) is 0.562. The zero-order valence-corrected chi connectivity index (χ0v) is 11.9. The fourth-order valence-corrected chi connectivity index (χ4v) is 2.49. The number of fused-ring (bicyclic) bond motifs is 1. The summed E-state index contributed by atoms with van der Waals surface area (Å²) in [5.74, 6) is 0.945. The maximum Gasteiger partial charge on any atom is 0.225 e. The number of nitrogens with zero attached hydrogens (tertiary/aromatic N) is 1. The molecule has 0 bridgehead atoms. The van der Waals surface area contributed by atoms with Crippen molar-refractivity contribution >= 4 is 5.91 Å². The van der Waals surface area contributed by atoms with Crippen molar-refractivity contribution in [3.05, 3.63) is 34.9 Å². The fourth-order valence-electron chi connectivity index (χ4n) is 2.49. The molecule has 2 nitrogen and oxygen atoms in total. The Labute approximate surface area is 110 Å². The quantitative estimate of drug-likeness (QED) is 0.782. The average molecular weight is 245 g/mol. The van der Waals surface area contributed by atoms with E-state index in [0.29, 0.717) is 5.92 Å². The predicted octanol–water partition coefficient (Wildman–Crippen LogP) is 3.35. The number of rotatable bonds is 2. The molecule has 1 amide bonds. The van der Waals surface area contributed by atoms with E-state index in [2.05, 4.69) is 32.0 Å². The van der Waals surface area contributed by atoms with Crippen LogP contribution in [0.25, 0.3) is 0 Å². The van der Waals surface area contributed by atoms with Crippen LogP contribution in [0.4, 0.5) is 0 Å². The van der Waals surface area contributed by atoms with Crippen LogP contribution in [0.15, 0.2) is 18.2 Å². The Kier molecular flexibility index (Phi) is 3.74. The van der Waals surface area contributed by atoms with Crippen LogP contribution >= 0.6 is 0 Å². The molecule has 1 heterocycles. The Morgan fingerprint density at radius 1 is 1.17 bits per heavy atom. The number of benzene rings is 1. The van der Waals surface area contributed by atoms with Crippen molar-refractivity contribution in [1.29, 1.82) is 0 Å². The Morgan fingerprint density at radius 2 is 1.89 bits per heavy atom. The molecule has 1 aromatic rings.